The number of aromatic amines is 1. The third kappa shape index (κ3) is 4.37. The van der Waals surface area contributed by atoms with Gasteiger partial charge < -0.3 is 20.3 Å². The molecule has 0 unspecified atom stereocenters. The number of nitrogens with zero attached hydrogens (tertiary/aromatic N) is 2. The fourth-order valence-corrected chi connectivity index (χ4v) is 1.55. The number of urea groups is 1. The van der Waals surface area contributed by atoms with Crippen LogP contribution in [0.15, 0.2) is 12.4 Å². The van der Waals surface area contributed by atoms with Crippen LogP contribution in [0, 0.1) is 11.8 Å². The van der Waals surface area contributed by atoms with Gasteiger partial charge in [0.25, 0.3) is 0 Å². The van der Waals surface area contributed by atoms with Crippen molar-refractivity contribution in [3.8, 4) is 0 Å². The lowest BCUT2D eigenvalue weighted by atomic mass is 9.97. The van der Waals surface area contributed by atoms with E-state index >= 15 is 0 Å². The quantitative estimate of drug-likeness (QED) is 0.703. The zero-order valence-electron chi connectivity index (χ0n) is 11.2. The molecule has 0 fully saturated rings. The van der Waals surface area contributed by atoms with Crippen LogP contribution in [-0.4, -0.2) is 46.2 Å². The SMILES string of the molecule is CC(C)[C@H](CO)CNC(=O)N(C)Cc1ncc[nH]1. The predicted molar refractivity (Wildman–Crippen MR) is 68.9 cm³/mol. The van der Waals surface area contributed by atoms with Crippen LogP contribution in [0.25, 0.3) is 0 Å². The van der Waals surface area contributed by atoms with Crippen molar-refractivity contribution in [2.75, 3.05) is 20.2 Å². The number of nitrogens with one attached hydrogen (secondary N) is 2. The molecule has 0 saturated carbocycles. The monoisotopic (exact) mass is 254 g/mol. The van der Waals surface area contributed by atoms with Gasteiger partial charge in [-0.1, -0.05) is 13.8 Å². The molecular formula is C12H22N4O2. The largest absolute Gasteiger partial charge is 0.396 e. The smallest absolute Gasteiger partial charge is 0.317 e. The molecule has 1 heterocycles. The number of hydrogen-bond donors (Lipinski definition) is 3. The van der Waals surface area contributed by atoms with Crippen LogP contribution in [0.2, 0.25) is 0 Å². The minimum absolute atomic E-state index is 0.0832. The molecule has 102 valence electrons. The van der Waals surface area contributed by atoms with Crippen molar-refractivity contribution < 1.29 is 9.90 Å². The molecule has 1 rings (SSSR count). The maximum absolute atomic E-state index is 11.8. The second-order valence-corrected chi connectivity index (χ2v) is 4.76. The molecule has 6 nitrogen and oxygen atoms in total. The molecule has 0 spiro atoms. The second-order valence-electron chi connectivity index (χ2n) is 4.76. The lowest BCUT2D eigenvalue weighted by Gasteiger charge is -2.21. The Morgan fingerprint density at radius 1 is 1.61 bits per heavy atom. The minimum atomic E-state index is -0.162. The van der Waals surface area contributed by atoms with E-state index in [1.807, 2.05) is 13.8 Å². The molecule has 0 aliphatic heterocycles. The van der Waals surface area contributed by atoms with Gasteiger partial charge in [0, 0.05) is 38.5 Å². The molecule has 0 radical (unpaired) electrons. The maximum atomic E-state index is 11.8. The first-order chi connectivity index (χ1) is 8.54. The average Bonchev–Trinajstić information content (AvgIpc) is 2.81. The number of H-pyrrole nitrogens is 1. The summed E-state index contributed by atoms with van der Waals surface area (Å²) in [6.07, 6.45) is 3.38. The number of amides is 2. The fraction of sp³-hybridized carbons (Fsp3) is 0.667. The van der Waals surface area contributed by atoms with Gasteiger partial charge in [0.1, 0.15) is 5.82 Å². The van der Waals surface area contributed by atoms with Gasteiger partial charge in [0.15, 0.2) is 0 Å². The lowest BCUT2D eigenvalue weighted by Crippen LogP contribution is -2.41. The minimum Gasteiger partial charge on any atom is -0.396 e. The Hall–Kier alpha value is -1.56. The van der Waals surface area contributed by atoms with Crippen molar-refractivity contribution in [1.82, 2.24) is 20.2 Å². The Kier molecular flexibility index (Phi) is 5.64. The number of carbonyl (C=O) groups excluding carboxylic acids is 1. The highest BCUT2D eigenvalue weighted by Crippen LogP contribution is 2.08. The molecule has 1 aromatic rings. The van der Waals surface area contributed by atoms with Gasteiger partial charge in [0.05, 0.1) is 6.54 Å². The van der Waals surface area contributed by atoms with Crippen molar-refractivity contribution in [3.63, 3.8) is 0 Å². The van der Waals surface area contributed by atoms with Gasteiger partial charge in [-0.2, -0.15) is 0 Å². The van der Waals surface area contributed by atoms with E-state index in [0.717, 1.165) is 5.82 Å². The fourth-order valence-electron chi connectivity index (χ4n) is 1.55. The van der Waals surface area contributed by atoms with Crippen molar-refractivity contribution in [2.24, 2.45) is 11.8 Å². The summed E-state index contributed by atoms with van der Waals surface area (Å²) in [4.78, 5) is 20.4. The molecule has 1 aromatic heterocycles. The summed E-state index contributed by atoms with van der Waals surface area (Å²) in [5, 5.41) is 12.0. The summed E-state index contributed by atoms with van der Waals surface area (Å²) >= 11 is 0. The summed E-state index contributed by atoms with van der Waals surface area (Å²) in [5.74, 6) is 1.17. The zero-order chi connectivity index (χ0) is 13.5. The van der Waals surface area contributed by atoms with Crippen LogP contribution >= 0.6 is 0 Å². The van der Waals surface area contributed by atoms with E-state index in [4.69, 9.17) is 0 Å². The molecule has 0 aliphatic rings. The standard InChI is InChI=1S/C12H22N4O2/c1-9(2)10(8-17)6-15-12(18)16(3)7-11-13-4-5-14-11/h4-5,9-10,17H,6-8H2,1-3H3,(H,13,14)(H,15,18)/t10-/m0/s1. The predicted octanol–water partition coefficient (Wildman–Crippen LogP) is 0.816. The Morgan fingerprint density at radius 2 is 2.33 bits per heavy atom. The highest BCUT2D eigenvalue weighted by Gasteiger charge is 2.15. The first-order valence-corrected chi connectivity index (χ1v) is 6.12. The summed E-state index contributed by atoms with van der Waals surface area (Å²) in [7, 11) is 1.71. The molecule has 6 heteroatoms. The zero-order valence-corrected chi connectivity index (χ0v) is 11.2. The molecule has 0 bridgehead atoms. The van der Waals surface area contributed by atoms with E-state index in [0.29, 0.717) is 19.0 Å². The normalized spacial score (nSPS) is 12.5. The second kappa shape index (κ2) is 7.00. The van der Waals surface area contributed by atoms with Gasteiger partial charge in [-0.3, -0.25) is 0 Å². The van der Waals surface area contributed by atoms with E-state index in [1.54, 1.807) is 24.3 Å². The molecule has 0 aliphatic carbocycles. The number of aromatic nitrogens is 2. The Labute approximate surface area is 107 Å². The summed E-state index contributed by atoms with van der Waals surface area (Å²) in [6.45, 7) is 5.05. The first kappa shape index (κ1) is 14.5. The van der Waals surface area contributed by atoms with Crippen molar-refractivity contribution in [2.45, 2.75) is 20.4 Å². The van der Waals surface area contributed by atoms with Crippen LogP contribution in [0.1, 0.15) is 19.7 Å². The lowest BCUT2D eigenvalue weighted by molar-refractivity contribution is 0.175. The van der Waals surface area contributed by atoms with Crippen LogP contribution < -0.4 is 5.32 Å². The number of imidazole rings is 1. The van der Waals surface area contributed by atoms with E-state index in [9.17, 15) is 9.90 Å². The van der Waals surface area contributed by atoms with Gasteiger partial charge >= 0.3 is 6.03 Å². The topological polar surface area (TPSA) is 81.2 Å². The molecular weight excluding hydrogens is 232 g/mol. The highest BCUT2D eigenvalue weighted by molar-refractivity contribution is 5.73. The summed E-state index contributed by atoms with van der Waals surface area (Å²) < 4.78 is 0. The van der Waals surface area contributed by atoms with E-state index in [1.165, 1.54) is 0 Å². The molecule has 1 atom stereocenters. The Bertz CT molecular complexity index is 351. The van der Waals surface area contributed by atoms with Gasteiger partial charge in [-0.05, 0) is 5.92 Å². The van der Waals surface area contributed by atoms with Gasteiger partial charge in [-0.15, -0.1) is 0 Å². The van der Waals surface area contributed by atoms with Crippen LogP contribution in [0.3, 0.4) is 0 Å². The van der Waals surface area contributed by atoms with Crippen LogP contribution in [-0.2, 0) is 6.54 Å². The maximum Gasteiger partial charge on any atom is 0.317 e. The average molecular weight is 254 g/mol. The highest BCUT2D eigenvalue weighted by atomic mass is 16.3. The van der Waals surface area contributed by atoms with Gasteiger partial charge in [0.2, 0.25) is 0 Å². The van der Waals surface area contributed by atoms with Crippen molar-refractivity contribution in [1.29, 1.82) is 0 Å². The number of hydrogen-bond acceptors (Lipinski definition) is 3. The van der Waals surface area contributed by atoms with E-state index < -0.39 is 0 Å². The number of carbonyl (C=O) groups is 1. The molecule has 18 heavy (non-hydrogen) atoms. The molecule has 2 amide bonds. The molecule has 0 aromatic carbocycles. The third-order valence-electron chi connectivity index (χ3n) is 2.98. The number of aliphatic hydroxyl groups excluding tert-OH is 1. The Balaban J connectivity index is 2.35. The van der Waals surface area contributed by atoms with E-state index in [2.05, 4.69) is 15.3 Å². The third-order valence-corrected chi connectivity index (χ3v) is 2.98. The number of rotatable bonds is 6. The summed E-state index contributed by atoms with van der Waals surface area (Å²) in [5.41, 5.74) is 0. The summed E-state index contributed by atoms with van der Waals surface area (Å²) in [6, 6.07) is -0.162. The first-order valence-electron chi connectivity index (χ1n) is 6.12. The van der Waals surface area contributed by atoms with Crippen molar-refractivity contribution >= 4 is 6.03 Å². The van der Waals surface area contributed by atoms with Crippen LogP contribution in [0.5, 0.6) is 0 Å². The Morgan fingerprint density at radius 3 is 2.83 bits per heavy atom. The van der Waals surface area contributed by atoms with E-state index in [-0.39, 0.29) is 18.6 Å². The van der Waals surface area contributed by atoms with Gasteiger partial charge in [-0.25, -0.2) is 9.78 Å². The molecule has 0 saturated heterocycles. The van der Waals surface area contributed by atoms with Crippen molar-refractivity contribution in [3.05, 3.63) is 18.2 Å². The molecule has 3 N–H and O–H groups in total. The van der Waals surface area contributed by atoms with Crippen LogP contribution in [0.4, 0.5) is 4.79 Å². The number of aliphatic hydroxyl groups is 1.